The SMILES string of the molecule is COc1cccc(-c2noc(-c3ccc(-c4cncnc4)nc3)n2)c1OC. The number of methoxy groups -OCH3 is 2. The molecule has 0 saturated carbocycles. The van der Waals surface area contributed by atoms with Gasteiger partial charge in [-0.15, -0.1) is 0 Å². The van der Waals surface area contributed by atoms with E-state index in [1.807, 2.05) is 24.3 Å². The van der Waals surface area contributed by atoms with Gasteiger partial charge in [-0.25, -0.2) is 9.97 Å². The van der Waals surface area contributed by atoms with Crippen molar-refractivity contribution < 1.29 is 14.0 Å². The van der Waals surface area contributed by atoms with Crippen molar-refractivity contribution in [2.75, 3.05) is 14.2 Å². The fourth-order valence-corrected chi connectivity index (χ4v) is 2.64. The molecule has 0 atom stereocenters. The summed E-state index contributed by atoms with van der Waals surface area (Å²) in [7, 11) is 3.15. The largest absolute Gasteiger partial charge is 0.493 e. The van der Waals surface area contributed by atoms with Crippen molar-refractivity contribution in [2.24, 2.45) is 0 Å². The number of pyridine rings is 1. The van der Waals surface area contributed by atoms with E-state index in [2.05, 4.69) is 25.1 Å². The molecule has 0 amide bonds. The average Bonchev–Trinajstić information content (AvgIpc) is 3.24. The van der Waals surface area contributed by atoms with Crippen LogP contribution in [0.4, 0.5) is 0 Å². The topological polar surface area (TPSA) is 96.1 Å². The molecular formula is C19H15N5O3. The molecule has 3 aromatic heterocycles. The van der Waals surface area contributed by atoms with E-state index in [-0.39, 0.29) is 0 Å². The zero-order valence-electron chi connectivity index (χ0n) is 14.7. The summed E-state index contributed by atoms with van der Waals surface area (Å²) >= 11 is 0. The third kappa shape index (κ3) is 3.20. The van der Waals surface area contributed by atoms with Crippen molar-refractivity contribution in [3.63, 3.8) is 0 Å². The summed E-state index contributed by atoms with van der Waals surface area (Å²) in [4.78, 5) is 16.9. The van der Waals surface area contributed by atoms with Gasteiger partial charge < -0.3 is 14.0 Å². The van der Waals surface area contributed by atoms with Crippen LogP contribution in [0.3, 0.4) is 0 Å². The first-order valence-corrected chi connectivity index (χ1v) is 8.07. The predicted octanol–water partition coefficient (Wildman–Crippen LogP) is 3.27. The molecule has 0 aliphatic carbocycles. The second-order valence-corrected chi connectivity index (χ2v) is 5.52. The van der Waals surface area contributed by atoms with E-state index in [1.54, 1.807) is 38.9 Å². The second-order valence-electron chi connectivity index (χ2n) is 5.52. The van der Waals surface area contributed by atoms with Crippen molar-refractivity contribution >= 4 is 0 Å². The van der Waals surface area contributed by atoms with E-state index in [0.29, 0.717) is 34.3 Å². The number of hydrogen-bond donors (Lipinski definition) is 0. The molecule has 3 heterocycles. The normalized spacial score (nSPS) is 10.6. The van der Waals surface area contributed by atoms with Crippen LogP contribution in [0.5, 0.6) is 11.5 Å². The summed E-state index contributed by atoms with van der Waals surface area (Å²) in [6, 6.07) is 9.19. The molecule has 0 unspecified atom stereocenters. The van der Waals surface area contributed by atoms with Crippen LogP contribution in [0.15, 0.2) is 59.8 Å². The van der Waals surface area contributed by atoms with Crippen LogP contribution in [0.25, 0.3) is 34.1 Å². The highest BCUT2D eigenvalue weighted by atomic mass is 16.5. The third-order valence-electron chi connectivity index (χ3n) is 3.94. The quantitative estimate of drug-likeness (QED) is 0.534. The Bertz CT molecular complexity index is 1050. The van der Waals surface area contributed by atoms with Crippen LogP contribution in [0.1, 0.15) is 0 Å². The van der Waals surface area contributed by atoms with Gasteiger partial charge in [0.25, 0.3) is 5.89 Å². The molecule has 27 heavy (non-hydrogen) atoms. The lowest BCUT2D eigenvalue weighted by Crippen LogP contribution is -1.94. The minimum Gasteiger partial charge on any atom is -0.493 e. The first-order chi connectivity index (χ1) is 13.3. The lowest BCUT2D eigenvalue weighted by atomic mass is 10.1. The molecule has 8 heteroatoms. The summed E-state index contributed by atoms with van der Waals surface area (Å²) in [5.74, 6) is 1.90. The van der Waals surface area contributed by atoms with Crippen LogP contribution in [0.2, 0.25) is 0 Å². The zero-order valence-corrected chi connectivity index (χ0v) is 14.7. The highest BCUT2D eigenvalue weighted by Crippen LogP contribution is 2.37. The molecule has 4 rings (SSSR count). The molecule has 0 N–H and O–H groups in total. The first-order valence-electron chi connectivity index (χ1n) is 8.07. The molecule has 4 aromatic rings. The summed E-state index contributed by atoms with van der Waals surface area (Å²) < 4.78 is 16.1. The predicted molar refractivity (Wildman–Crippen MR) is 97.1 cm³/mol. The van der Waals surface area contributed by atoms with Crippen molar-refractivity contribution in [1.29, 1.82) is 0 Å². The Balaban J connectivity index is 1.66. The van der Waals surface area contributed by atoms with Crippen LogP contribution < -0.4 is 9.47 Å². The van der Waals surface area contributed by atoms with E-state index < -0.39 is 0 Å². The van der Waals surface area contributed by atoms with Crippen molar-refractivity contribution in [1.82, 2.24) is 25.1 Å². The maximum atomic E-state index is 5.43. The van der Waals surface area contributed by atoms with Crippen LogP contribution in [0, 0.1) is 0 Å². The Kier molecular flexibility index (Phi) is 4.44. The smallest absolute Gasteiger partial charge is 0.259 e. The fraction of sp³-hybridized carbons (Fsp3) is 0.105. The molecule has 134 valence electrons. The van der Waals surface area contributed by atoms with Crippen LogP contribution >= 0.6 is 0 Å². The Hall–Kier alpha value is -3.81. The van der Waals surface area contributed by atoms with E-state index in [0.717, 1.165) is 11.3 Å². The molecule has 0 fully saturated rings. The number of ether oxygens (including phenoxy) is 2. The Morgan fingerprint density at radius 2 is 1.74 bits per heavy atom. The molecular weight excluding hydrogens is 346 g/mol. The average molecular weight is 361 g/mol. The number of benzene rings is 1. The van der Waals surface area contributed by atoms with Gasteiger partial charge in [-0.3, -0.25) is 4.98 Å². The van der Waals surface area contributed by atoms with Gasteiger partial charge in [-0.05, 0) is 24.3 Å². The van der Waals surface area contributed by atoms with Gasteiger partial charge in [0.1, 0.15) is 6.33 Å². The van der Waals surface area contributed by atoms with E-state index >= 15 is 0 Å². The summed E-state index contributed by atoms with van der Waals surface area (Å²) in [6.45, 7) is 0. The molecule has 8 nitrogen and oxygen atoms in total. The van der Waals surface area contributed by atoms with Crippen LogP contribution in [-0.4, -0.2) is 39.3 Å². The maximum Gasteiger partial charge on any atom is 0.259 e. The molecule has 0 bridgehead atoms. The van der Waals surface area contributed by atoms with Gasteiger partial charge in [-0.2, -0.15) is 4.98 Å². The Morgan fingerprint density at radius 3 is 2.44 bits per heavy atom. The minimum atomic E-state index is 0.359. The summed E-state index contributed by atoms with van der Waals surface area (Å²) in [5.41, 5.74) is 2.97. The summed E-state index contributed by atoms with van der Waals surface area (Å²) in [5, 5.41) is 4.06. The van der Waals surface area contributed by atoms with Gasteiger partial charge >= 0.3 is 0 Å². The number of hydrogen-bond acceptors (Lipinski definition) is 8. The molecule has 0 spiro atoms. The number of nitrogens with zero attached hydrogens (tertiary/aromatic N) is 5. The zero-order chi connectivity index (χ0) is 18.6. The third-order valence-corrected chi connectivity index (χ3v) is 3.94. The maximum absolute atomic E-state index is 5.43. The molecule has 1 aromatic carbocycles. The first kappa shape index (κ1) is 16.6. The number of aromatic nitrogens is 5. The second kappa shape index (κ2) is 7.20. The lowest BCUT2D eigenvalue weighted by molar-refractivity contribution is 0.355. The van der Waals surface area contributed by atoms with Gasteiger partial charge in [0, 0.05) is 24.2 Å². The molecule has 0 radical (unpaired) electrons. The highest BCUT2D eigenvalue weighted by Gasteiger charge is 2.17. The van der Waals surface area contributed by atoms with Gasteiger partial charge in [-0.1, -0.05) is 11.2 Å². The van der Waals surface area contributed by atoms with Gasteiger partial charge in [0.2, 0.25) is 5.82 Å². The molecule has 0 aliphatic heterocycles. The van der Waals surface area contributed by atoms with Crippen molar-refractivity contribution in [2.45, 2.75) is 0 Å². The fourth-order valence-electron chi connectivity index (χ4n) is 2.64. The van der Waals surface area contributed by atoms with E-state index in [1.165, 1.54) is 6.33 Å². The minimum absolute atomic E-state index is 0.359. The van der Waals surface area contributed by atoms with Crippen molar-refractivity contribution in [3.05, 3.63) is 55.2 Å². The molecule has 0 saturated heterocycles. The highest BCUT2D eigenvalue weighted by molar-refractivity contribution is 5.70. The van der Waals surface area contributed by atoms with E-state index in [9.17, 15) is 0 Å². The van der Waals surface area contributed by atoms with Crippen molar-refractivity contribution in [3.8, 4) is 45.6 Å². The van der Waals surface area contributed by atoms with Gasteiger partial charge in [0.05, 0.1) is 31.0 Å². The molecule has 0 aliphatic rings. The van der Waals surface area contributed by atoms with Gasteiger partial charge in [0.15, 0.2) is 11.5 Å². The number of para-hydroxylation sites is 1. The Morgan fingerprint density at radius 1 is 0.889 bits per heavy atom. The monoisotopic (exact) mass is 361 g/mol. The van der Waals surface area contributed by atoms with E-state index in [4.69, 9.17) is 14.0 Å². The Labute approximate surface area is 154 Å². The summed E-state index contributed by atoms with van der Waals surface area (Å²) in [6.07, 6.45) is 6.55. The number of rotatable bonds is 5. The standard InChI is InChI=1S/C19H15N5O3/c1-25-16-5-3-4-14(17(16)26-2)18-23-19(27-24-18)12-6-7-15(22-10-12)13-8-20-11-21-9-13/h3-11H,1-2H3. The van der Waals surface area contributed by atoms with Crippen LogP contribution in [-0.2, 0) is 0 Å². The lowest BCUT2D eigenvalue weighted by Gasteiger charge is -2.09.